The molecule has 0 saturated carbocycles. The fraction of sp³-hybridized carbons (Fsp3) is 0.0909. The molecule has 0 saturated heterocycles. The van der Waals surface area contributed by atoms with Crippen LogP contribution in [0.25, 0.3) is 5.69 Å². The minimum absolute atomic E-state index is 0.0635. The van der Waals surface area contributed by atoms with E-state index >= 15 is 0 Å². The van der Waals surface area contributed by atoms with Gasteiger partial charge in [0.1, 0.15) is 0 Å². The van der Waals surface area contributed by atoms with E-state index in [-0.39, 0.29) is 11.4 Å². The zero-order valence-electron chi connectivity index (χ0n) is 9.29. The van der Waals surface area contributed by atoms with Crippen molar-refractivity contribution in [3.8, 4) is 17.2 Å². The van der Waals surface area contributed by atoms with Gasteiger partial charge in [-0.15, -0.1) is 0 Å². The monoisotopic (exact) mass is 252 g/mol. The van der Waals surface area contributed by atoms with Gasteiger partial charge in [-0.2, -0.15) is 5.10 Å². The lowest BCUT2D eigenvalue weighted by Crippen LogP contribution is -2.01. The van der Waals surface area contributed by atoms with Crippen LogP contribution >= 0.6 is 0 Å². The maximum Gasteiger partial charge on any atom is 0.360 e. The number of aromatic carboxylic acids is 1. The van der Waals surface area contributed by atoms with Crippen molar-refractivity contribution in [1.29, 1.82) is 0 Å². The average molecular weight is 252 g/mol. The fourth-order valence-corrected chi connectivity index (χ4v) is 1.45. The number of carbonyl (C=O) groups is 1. The topological polar surface area (TPSA) is 84.6 Å². The van der Waals surface area contributed by atoms with Crippen LogP contribution < -0.4 is 4.74 Å². The predicted octanol–water partition coefficient (Wildman–Crippen LogP) is 1.42. The maximum atomic E-state index is 13.5. The molecule has 0 aliphatic carbocycles. The van der Waals surface area contributed by atoms with Gasteiger partial charge in [-0.3, -0.25) is 0 Å². The van der Waals surface area contributed by atoms with Gasteiger partial charge in [0.2, 0.25) is 5.69 Å². The van der Waals surface area contributed by atoms with E-state index in [1.165, 1.54) is 19.2 Å². The van der Waals surface area contributed by atoms with Crippen LogP contribution in [0.5, 0.6) is 11.5 Å². The highest BCUT2D eigenvalue weighted by Gasteiger charge is 2.16. The van der Waals surface area contributed by atoms with Crippen LogP contribution in [-0.4, -0.2) is 33.1 Å². The van der Waals surface area contributed by atoms with E-state index in [0.29, 0.717) is 0 Å². The largest absolute Gasteiger partial charge is 0.504 e. The van der Waals surface area contributed by atoms with Crippen molar-refractivity contribution < 1.29 is 24.1 Å². The Morgan fingerprint density at radius 3 is 2.72 bits per heavy atom. The lowest BCUT2D eigenvalue weighted by Gasteiger charge is -2.04. The number of rotatable bonds is 3. The van der Waals surface area contributed by atoms with Crippen molar-refractivity contribution >= 4 is 5.97 Å². The van der Waals surface area contributed by atoms with Gasteiger partial charge in [-0.05, 0) is 12.1 Å². The minimum atomic E-state index is -1.36. The number of halogens is 1. The molecule has 94 valence electrons. The highest BCUT2D eigenvalue weighted by Crippen LogP contribution is 2.22. The summed E-state index contributed by atoms with van der Waals surface area (Å²) in [6.07, 6.45) is 1.09. The van der Waals surface area contributed by atoms with Gasteiger partial charge in [0.05, 0.1) is 19.0 Å². The Hall–Kier alpha value is -2.57. The summed E-state index contributed by atoms with van der Waals surface area (Å²) in [6, 6.07) is 3.99. The average Bonchev–Trinajstić information content (AvgIpc) is 2.71. The Morgan fingerprint density at radius 2 is 2.22 bits per heavy atom. The highest BCUT2D eigenvalue weighted by molar-refractivity contribution is 5.88. The SMILES string of the molecule is COc1ccc(-n2cc(O)c(C(=O)O)n2)cc1F. The lowest BCUT2D eigenvalue weighted by molar-refractivity contribution is 0.0687. The van der Waals surface area contributed by atoms with Crippen molar-refractivity contribution in [2.24, 2.45) is 0 Å². The molecule has 0 bridgehead atoms. The van der Waals surface area contributed by atoms with Crippen molar-refractivity contribution in [3.05, 3.63) is 35.9 Å². The van der Waals surface area contributed by atoms with Crippen LogP contribution in [0.2, 0.25) is 0 Å². The first-order valence-electron chi connectivity index (χ1n) is 4.88. The Labute approximate surface area is 101 Å². The summed E-state index contributed by atoms with van der Waals surface area (Å²) in [6.45, 7) is 0. The molecule has 7 heteroatoms. The Bertz CT molecular complexity index is 609. The molecule has 1 heterocycles. The fourth-order valence-electron chi connectivity index (χ4n) is 1.45. The second-order valence-electron chi connectivity index (χ2n) is 3.43. The Morgan fingerprint density at radius 1 is 1.50 bits per heavy atom. The third-order valence-electron chi connectivity index (χ3n) is 2.30. The molecule has 18 heavy (non-hydrogen) atoms. The van der Waals surface area contributed by atoms with E-state index < -0.39 is 23.2 Å². The molecule has 0 amide bonds. The second kappa shape index (κ2) is 4.36. The smallest absolute Gasteiger partial charge is 0.360 e. The van der Waals surface area contributed by atoms with E-state index in [2.05, 4.69) is 5.10 Å². The van der Waals surface area contributed by atoms with Crippen LogP contribution in [0.1, 0.15) is 10.5 Å². The number of hydrogen-bond acceptors (Lipinski definition) is 4. The van der Waals surface area contributed by atoms with E-state index in [9.17, 15) is 14.3 Å². The molecule has 0 unspecified atom stereocenters. The van der Waals surface area contributed by atoms with Gasteiger partial charge in [-0.25, -0.2) is 13.9 Å². The summed E-state index contributed by atoms with van der Waals surface area (Å²) in [4.78, 5) is 10.7. The van der Waals surface area contributed by atoms with Crippen molar-refractivity contribution in [3.63, 3.8) is 0 Å². The van der Waals surface area contributed by atoms with Crippen molar-refractivity contribution in [1.82, 2.24) is 9.78 Å². The zero-order chi connectivity index (χ0) is 13.3. The number of hydrogen-bond donors (Lipinski definition) is 2. The van der Waals surface area contributed by atoms with Gasteiger partial charge >= 0.3 is 5.97 Å². The number of benzene rings is 1. The van der Waals surface area contributed by atoms with E-state index in [4.69, 9.17) is 9.84 Å². The number of nitrogens with zero attached hydrogens (tertiary/aromatic N) is 2. The molecule has 0 radical (unpaired) electrons. The van der Waals surface area contributed by atoms with Gasteiger partial charge < -0.3 is 14.9 Å². The van der Waals surface area contributed by atoms with Crippen LogP contribution in [0.3, 0.4) is 0 Å². The van der Waals surface area contributed by atoms with Gasteiger partial charge in [0.15, 0.2) is 17.3 Å². The summed E-state index contributed by atoms with van der Waals surface area (Å²) in [7, 11) is 1.33. The van der Waals surface area contributed by atoms with Crippen LogP contribution in [-0.2, 0) is 0 Å². The van der Waals surface area contributed by atoms with E-state index in [1.807, 2.05) is 0 Å². The van der Waals surface area contributed by atoms with Gasteiger partial charge in [0, 0.05) is 6.07 Å². The maximum absolute atomic E-state index is 13.5. The number of ether oxygens (including phenoxy) is 1. The minimum Gasteiger partial charge on any atom is -0.504 e. The summed E-state index contributed by atoms with van der Waals surface area (Å²) in [5.74, 6) is -2.39. The van der Waals surface area contributed by atoms with E-state index in [1.54, 1.807) is 0 Å². The summed E-state index contributed by atoms with van der Waals surface area (Å²) in [5, 5.41) is 21.7. The molecular weight excluding hydrogens is 243 g/mol. The highest BCUT2D eigenvalue weighted by atomic mass is 19.1. The van der Waals surface area contributed by atoms with Crippen LogP contribution in [0, 0.1) is 5.82 Å². The lowest BCUT2D eigenvalue weighted by atomic mass is 10.3. The van der Waals surface area contributed by atoms with Gasteiger partial charge in [-0.1, -0.05) is 0 Å². The predicted molar refractivity (Wildman–Crippen MR) is 58.7 cm³/mol. The second-order valence-corrected chi connectivity index (χ2v) is 3.43. The molecule has 0 aliphatic rings. The molecule has 0 spiro atoms. The molecule has 0 atom stereocenters. The molecule has 6 nitrogen and oxygen atoms in total. The summed E-state index contributed by atoms with van der Waals surface area (Å²) in [5.41, 5.74) is -0.220. The quantitative estimate of drug-likeness (QED) is 0.863. The third kappa shape index (κ3) is 1.97. The molecule has 0 fully saturated rings. The first-order chi connectivity index (χ1) is 8.52. The summed E-state index contributed by atoms with van der Waals surface area (Å²) >= 11 is 0. The third-order valence-corrected chi connectivity index (χ3v) is 2.30. The molecule has 1 aromatic heterocycles. The molecular formula is C11H9FN2O4. The van der Waals surface area contributed by atoms with Gasteiger partial charge in [0.25, 0.3) is 0 Å². The number of aromatic hydroxyl groups is 1. The van der Waals surface area contributed by atoms with Crippen LogP contribution in [0.4, 0.5) is 4.39 Å². The van der Waals surface area contributed by atoms with Crippen molar-refractivity contribution in [2.75, 3.05) is 7.11 Å². The zero-order valence-corrected chi connectivity index (χ0v) is 9.29. The standard InChI is InChI=1S/C11H9FN2O4/c1-18-9-3-2-6(4-7(9)12)14-5-8(15)10(13-14)11(16)17/h2-5,15H,1H3,(H,16,17). The molecule has 1 aromatic carbocycles. The molecule has 2 rings (SSSR count). The molecule has 2 aromatic rings. The number of aromatic nitrogens is 2. The van der Waals surface area contributed by atoms with Crippen LogP contribution in [0.15, 0.2) is 24.4 Å². The first-order valence-corrected chi connectivity index (χ1v) is 4.88. The van der Waals surface area contributed by atoms with Crippen molar-refractivity contribution in [2.45, 2.75) is 0 Å². The Balaban J connectivity index is 2.46. The molecule has 2 N–H and O–H groups in total. The van der Waals surface area contributed by atoms with E-state index in [0.717, 1.165) is 16.9 Å². The number of carboxylic acid groups (broad SMARTS) is 1. The number of carboxylic acids is 1. The normalized spacial score (nSPS) is 10.3. The Kier molecular flexibility index (Phi) is 2.88. The first kappa shape index (κ1) is 11.9. The number of methoxy groups -OCH3 is 1. The summed E-state index contributed by atoms with van der Waals surface area (Å²) < 4.78 is 19.3. The molecule has 0 aliphatic heterocycles.